The molecule has 2 atom stereocenters. The number of aromatic nitrogens is 2. The number of amides is 8. The van der Waals surface area contributed by atoms with Crippen LogP contribution in [0, 0.1) is 0 Å². The van der Waals surface area contributed by atoms with E-state index in [-0.39, 0.29) is 15.8 Å². The van der Waals surface area contributed by atoms with Crippen LogP contribution in [0.3, 0.4) is 0 Å². The molecular formula is C22H22N10O13S2. The quantitative estimate of drug-likeness (QED) is 0.0512. The lowest BCUT2D eigenvalue weighted by Crippen LogP contribution is -2.68. The molecule has 2 aromatic rings. The van der Waals surface area contributed by atoms with Gasteiger partial charge >= 0.3 is 18.0 Å². The van der Waals surface area contributed by atoms with Gasteiger partial charge in [-0.3, -0.25) is 34.3 Å². The number of likely N-dealkylation sites (tertiary alicyclic amines) is 1. The zero-order valence-electron chi connectivity index (χ0n) is 23.7. The number of nitrogen functional groups attached to an aromatic ring is 1. The molecule has 1 unspecified atom stereocenters. The smallest absolute Gasteiger partial charge is 0.350 e. The van der Waals surface area contributed by atoms with Gasteiger partial charge in [0, 0.05) is 17.6 Å². The van der Waals surface area contributed by atoms with Gasteiger partial charge in [-0.05, 0) is 13.8 Å². The number of β-lactam (4-membered cyclic amide) rings is 1. The lowest BCUT2D eigenvalue weighted by atomic mass is 10.1. The summed E-state index contributed by atoms with van der Waals surface area (Å²) in [4.78, 5) is 110. The summed E-state index contributed by atoms with van der Waals surface area (Å²) < 4.78 is 27.0. The number of carbonyl (C=O) groups is 7. The largest absolute Gasteiger partial charge is 0.503 e. The fourth-order valence-electron chi connectivity index (χ4n) is 3.51. The van der Waals surface area contributed by atoms with Crippen LogP contribution in [0.15, 0.2) is 27.6 Å². The number of carboxylic acid groups (broad SMARTS) is 1. The van der Waals surface area contributed by atoms with E-state index in [4.69, 9.17) is 10.6 Å². The van der Waals surface area contributed by atoms with E-state index >= 15 is 0 Å². The number of aliphatic carboxylic acids is 1. The maximum absolute atomic E-state index is 12.9. The molecule has 0 spiro atoms. The van der Waals surface area contributed by atoms with E-state index in [1.165, 1.54) is 10.1 Å². The zero-order chi connectivity index (χ0) is 35.0. The Labute approximate surface area is 264 Å². The molecule has 0 aliphatic carbocycles. The molecule has 2 fully saturated rings. The average molecular weight is 699 g/mol. The van der Waals surface area contributed by atoms with Crippen LogP contribution in [0.2, 0.25) is 0 Å². The molecule has 0 bridgehead atoms. The minimum absolute atomic E-state index is 0.0119. The molecule has 0 radical (unpaired) electrons. The zero-order valence-corrected chi connectivity index (χ0v) is 25.3. The van der Waals surface area contributed by atoms with Crippen molar-refractivity contribution in [1.29, 1.82) is 0 Å². The van der Waals surface area contributed by atoms with Crippen molar-refractivity contribution in [2.24, 2.45) is 5.16 Å². The van der Waals surface area contributed by atoms with Gasteiger partial charge in [0.1, 0.15) is 17.4 Å². The van der Waals surface area contributed by atoms with Crippen LogP contribution in [-0.4, -0.2) is 109 Å². The average Bonchev–Trinajstić information content (AvgIpc) is 3.54. The number of rotatable bonds is 10. The van der Waals surface area contributed by atoms with Crippen molar-refractivity contribution < 1.29 is 57.0 Å². The highest BCUT2D eigenvalue weighted by molar-refractivity contribution is 7.91. The standard InChI is InChI=1S/C22H22N10O13S2/c1-22(2,18(39)40)45-29-12(9-6-46-19(23)26-9)14(36)25-8-5-31(16(8)37)21(42)30-47(43,44)15-17(38)32(20(41)27-15)28-13(35)7-3-10(33)11(34)4-24-7/h3-4,6,8,15,34H,5H2,1-2H3,(H2,23,26)(H,24,33)(H,25,36)(H,27,41)(H,28,35)(H,30,42)(H,39,40)/t8-,15?/m0/s1. The number of carbonyl (C=O) groups excluding carboxylic acids is 6. The number of H-pyrrole nitrogens is 1. The van der Waals surface area contributed by atoms with Crippen LogP contribution in [0.1, 0.15) is 30.0 Å². The first-order valence-corrected chi connectivity index (χ1v) is 15.0. The number of aromatic hydroxyl groups is 1. The number of hydrogen-bond acceptors (Lipinski definition) is 16. The first kappa shape index (κ1) is 33.8. The summed E-state index contributed by atoms with van der Waals surface area (Å²) in [6, 6.07) is -3.78. The number of anilines is 1. The fraction of sp³-hybridized carbons (Fsp3) is 0.273. The van der Waals surface area contributed by atoms with Crippen molar-refractivity contribution in [3.05, 3.63) is 39.3 Å². The van der Waals surface area contributed by atoms with Gasteiger partial charge in [0.15, 0.2) is 16.6 Å². The molecular weight excluding hydrogens is 676 g/mol. The summed E-state index contributed by atoms with van der Waals surface area (Å²) in [5.74, 6) is -7.20. The number of aromatic amines is 1. The Morgan fingerprint density at radius 2 is 1.87 bits per heavy atom. The van der Waals surface area contributed by atoms with E-state index in [0.717, 1.165) is 31.4 Å². The molecule has 2 aliphatic rings. The van der Waals surface area contributed by atoms with Crippen molar-refractivity contribution in [2.45, 2.75) is 30.9 Å². The highest BCUT2D eigenvalue weighted by atomic mass is 32.2. The molecule has 47 heavy (non-hydrogen) atoms. The third-order valence-electron chi connectivity index (χ3n) is 6.13. The molecule has 23 nitrogen and oxygen atoms in total. The van der Waals surface area contributed by atoms with E-state index in [9.17, 15) is 57.0 Å². The normalized spacial score (nSPS) is 18.3. The van der Waals surface area contributed by atoms with Gasteiger partial charge in [-0.2, -0.15) is 5.01 Å². The van der Waals surface area contributed by atoms with E-state index in [0.29, 0.717) is 11.0 Å². The fourth-order valence-corrected chi connectivity index (χ4v) is 5.15. The van der Waals surface area contributed by atoms with Crippen LogP contribution < -0.4 is 31.9 Å². The number of hydrogen-bond donors (Lipinski definition) is 8. The van der Waals surface area contributed by atoms with E-state index in [1.54, 1.807) is 10.7 Å². The SMILES string of the molecule is CC(C)(ON=C(C(=O)N[C@H]1CN(C(=O)NS(=O)(=O)C2NC(=O)N(NC(=O)c3cc(=O)c(O)c[nH]3)C2=O)C1=O)c1csc(N)n1)C(=O)O. The van der Waals surface area contributed by atoms with Crippen LogP contribution in [0.4, 0.5) is 14.7 Å². The highest BCUT2D eigenvalue weighted by Crippen LogP contribution is 2.17. The number of hydrazine groups is 1. The van der Waals surface area contributed by atoms with Gasteiger partial charge in [-0.15, -0.1) is 11.3 Å². The first-order chi connectivity index (χ1) is 21.8. The number of imide groups is 2. The van der Waals surface area contributed by atoms with Crippen LogP contribution >= 0.6 is 11.3 Å². The second-order valence-corrected chi connectivity index (χ2v) is 12.5. The molecule has 25 heteroatoms. The van der Waals surface area contributed by atoms with Crippen molar-refractivity contribution in [2.75, 3.05) is 12.3 Å². The summed E-state index contributed by atoms with van der Waals surface area (Å²) in [6.07, 6.45) is 0.750. The van der Waals surface area contributed by atoms with Crippen LogP contribution in [0.25, 0.3) is 0 Å². The highest BCUT2D eigenvalue weighted by Gasteiger charge is 2.50. The first-order valence-electron chi connectivity index (χ1n) is 12.6. The molecule has 0 aromatic carbocycles. The number of carboxylic acids is 1. The minimum Gasteiger partial charge on any atom is -0.503 e. The van der Waals surface area contributed by atoms with E-state index in [1.807, 2.05) is 0 Å². The van der Waals surface area contributed by atoms with Gasteiger partial charge in [0.25, 0.3) is 33.7 Å². The number of pyridine rings is 1. The summed E-state index contributed by atoms with van der Waals surface area (Å²) in [7, 11) is -5.10. The summed E-state index contributed by atoms with van der Waals surface area (Å²) in [5.41, 5.74) is 3.25. The summed E-state index contributed by atoms with van der Waals surface area (Å²) >= 11 is 0.906. The predicted octanol–water partition coefficient (Wildman–Crippen LogP) is -3.71. The van der Waals surface area contributed by atoms with Crippen molar-refractivity contribution in [1.82, 2.24) is 40.7 Å². The van der Waals surface area contributed by atoms with Crippen LogP contribution in [-0.2, 0) is 34.0 Å². The second-order valence-electron chi connectivity index (χ2n) is 9.89. The van der Waals surface area contributed by atoms with Crippen molar-refractivity contribution in [3.8, 4) is 5.75 Å². The Morgan fingerprint density at radius 1 is 1.19 bits per heavy atom. The molecule has 2 aliphatic heterocycles. The van der Waals surface area contributed by atoms with Crippen molar-refractivity contribution in [3.63, 3.8) is 0 Å². The molecule has 4 heterocycles. The molecule has 4 rings (SSSR count). The maximum atomic E-state index is 12.9. The summed E-state index contributed by atoms with van der Waals surface area (Å²) in [6.45, 7) is 1.70. The molecule has 2 aromatic heterocycles. The lowest BCUT2D eigenvalue weighted by Gasteiger charge is -2.36. The van der Waals surface area contributed by atoms with Gasteiger partial charge in [-0.1, -0.05) is 5.16 Å². The number of nitrogens with two attached hydrogens (primary N) is 1. The van der Waals surface area contributed by atoms with Gasteiger partial charge < -0.3 is 36.4 Å². The monoisotopic (exact) mass is 698 g/mol. The van der Waals surface area contributed by atoms with Crippen molar-refractivity contribution >= 4 is 73.9 Å². The topological polar surface area (TPSA) is 342 Å². The van der Waals surface area contributed by atoms with Gasteiger partial charge in [0.2, 0.25) is 16.4 Å². The third kappa shape index (κ3) is 6.93. The summed E-state index contributed by atoms with van der Waals surface area (Å²) in [5, 5.41) is 24.8. The van der Waals surface area contributed by atoms with Crippen LogP contribution in [0.5, 0.6) is 5.75 Å². The Balaban J connectivity index is 1.38. The molecule has 9 N–H and O–H groups in total. The van der Waals surface area contributed by atoms with E-state index in [2.05, 4.69) is 20.4 Å². The Bertz CT molecular complexity index is 1920. The molecule has 250 valence electrons. The predicted molar refractivity (Wildman–Crippen MR) is 152 cm³/mol. The number of urea groups is 2. The van der Waals surface area contributed by atoms with Gasteiger partial charge in [-0.25, -0.2) is 32.5 Å². The number of sulfonamides is 1. The molecule has 2 saturated heterocycles. The molecule has 0 saturated carbocycles. The number of thiazole rings is 1. The lowest BCUT2D eigenvalue weighted by molar-refractivity contribution is -0.161. The number of nitrogens with zero attached hydrogens (tertiary/aromatic N) is 4. The minimum atomic E-state index is -5.10. The second kappa shape index (κ2) is 12.4. The Hall–Kier alpha value is -6.11. The van der Waals surface area contributed by atoms with Gasteiger partial charge in [0.05, 0.1) is 6.54 Å². The number of nitrogens with one attached hydrogen (secondary N) is 5. The number of oxime groups is 1. The Morgan fingerprint density at radius 3 is 2.45 bits per heavy atom. The van der Waals surface area contributed by atoms with E-state index < -0.39 is 97.8 Å². The molecule has 8 amide bonds. The maximum Gasteiger partial charge on any atom is 0.350 e. The Kier molecular flexibility index (Phi) is 8.88. The third-order valence-corrected chi connectivity index (χ3v) is 8.21.